The maximum atomic E-state index is 12.5. The smallest absolute Gasteiger partial charge is 0.237 e. The highest BCUT2D eigenvalue weighted by Crippen LogP contribution is 2.40. The number of aliphatic hydroxyl groups excluding tert-OH is 1. The molecular formula is C17H30N2O2. The van der Waals surface area contributed by atoms with Crippen molar-refractivity contribution in [2.24, 2.45) is 11.3 Å². The van der Waals surface area contributed by atoms with Crippen molar-refractivity contribution in [3.8, 4) is 0 Å². The van der Waals surface area contributed by atoms with Crippen LogP contribution in [-0.4, -0.2) is 36.2 Å². The maximum Gasteiger partial charge on any atom is 0.237 e. The molecule has 3 N–H and O–H groups in total. The van der Waals surface area contributed by atoms with Crippen molar-refractivity contribution in [3.05, 3.63) is 0 Å². The Morgan fingerprint density at radius 3 is 2.67 bits per heavy atom. The van der Waals surface area contributed by atoms with Gasteiger partial charge in [-0.1, -0.05) is 25.7 Å². The SMILES string of the molecule is O=C(NCC1(CCO)CCCC1)C1CC2CCCCC2N1. The van der Waals surface area contributed by atoms with Gasteiger partial charge >= 0.3 is 0 Å². The number of hydrogen-bond acceptors (Lipinski definition) is 3. The lowest BCUT2D eigenvalue weighted by Gasteiger charge is -2.29. The van der Waals surface area contributed by atoms with Crippen LogP contribution in [-0.2, 0) is 4.79 Å². The number of hydrogen-bond donors (Lipinski definition) is 3. The van der Waals surface area contributed by atoms with E-state index in [1.807, 2.05) is 0 Å². The van der Waals surface area contributed by atoms with Crippen molar-refractivity contribution in [2.75, 3.05) is 13.2 Å². The molecule has 3 unspecified atom stereocenters. The van der Waals surface area contributed by atoms with E-state index >= 15 is 0 Å². The van der Waals surface area contributed by atoms with Gasteiger partial charge in [0.15, 0.2) is 0 Å². The van der Waals surface area contributed by atoms with Gasteiger partial charge in [0.1, 0.15) is 0 Å². The maximum absolute atomic E-state index is 12.5. The first kappa shape index (κ1) is 15.3. The van der Waals surface area contributed by atoms with Crippen molar-refractivity contribution in [1.82, 2.24) is 10.6 Å². The summed E-state index contributed by atoms with van der Waals surface area (Å²) in [6, 6.07) is 0.595. The van der Waals surface area contributed by atoms with Gasteiger partial charge in [0, 0.05) is 19.2 Å². The highest BCUT2D eigenvalue weighted by molar-refractivity contribution is 5.82. The van der Waals surface area contributed by atoms with Gasteiger partial charge in [-0.15, -0.1) is 0 Å². The lowest BCUT2D eigenvalue weighted by Crippen LogP contribution is -2.46. The molecule has 4 nitrogen and oxygen atoms in total. The predicted molar refractivity (Wildman–Crippen MR) is 82.9 cm³/mol. The molecule has 21 heavy (non-hydrogen) atoms. The van der Waals surface area contributed by atoms with E-state index in [1.54, 1.807) is 0 Å². The molecule has 0 aromatic carbocycles. The Morgan fingerprint density at radius 1 is 1.19 bits per heavy atom. The summed E-state index contributed by atoms with van der Waals surface area (Å²) in [5, 5.41) is 16.0. The van der Waals surface area contributed by atoms with Gasteiger partial charge in [0.2, 0.25) is 5.91 Å². The quantitative estimate of drug-likeness (QED) is 0.726. The van der Waals surface area contributed by atoms with Crippen LogP contribution in [0, 0.1) is 11.3 Å². The van der Waals surface area contributed by atoms with E-state index in [9.17, 15) is 9.90 Å². The third-order valence-electron chi connectivity index (χ3n) is 6.12. The minimum absolute atomic E-state index is 0.0191. The Morgan fingerprint density at radius 2 is 1.95 bits per heavy atom. The van der Waals surface area contributed by atoms with Gasteiger partial charge in [-0.2, -0.15) is 0 Å². The van der Waals surface area contributed by atoms with Crippen LogP contribution >= 0.6 is 0 Å². The predicted octanol–water partition coefficient (Wildman–Crippen LogP) is 1.97. The van der Waals surface area contributed by atoms with Crippen molar-refractivity contribution >= 4 is 5.91 Å². The summed E-state index contributed by atoms with van der Waals surface area (Å²) in [4.78, 5) is 12.5. The van der Waals surface area contributed by atoms with Crippen LogP contribution in [0.5, 0.6) is 0 Å². The first-order valence-corrected chi connectivity index (χ1v) is 8.87. The Balaban J connectivity index is 1.50. The average Bonchev–Trinajstić information content (AvgIpc) is 3.12. The lowest BCUT2D eigenvalue weighted by atomic mass is 9.82. The molecule has 3 rings (SSSR count). The van der Waals surface area contributed by atoms with Gasteiger partial charge < -0.3 is 15.7 Å². The largest absolute Gasteiger partial charge is 0.396 e. The molecule has 0 radical (unpaired) electrons. The van der Waals surface area contributed by atoms with Gasteiger partial charge in [-0.05, 0) is 49.9 Å². The van der Waals surface area contributed by atoms with E-state index in [2.05, 4.69) is 10.6 Å². The second-order valence-electron chi connectivity index (χ2n) is 7.50. The highest BCUT2D eigenvalue weighted by Gasteiger charge is 2.39. The molecule has 3 atom stereocenters. The van der Waals surface area contributed by atoms with E-state index in [4.69, 9.17) is 0 Å². The third kappa shape index (κ3) is 3.42. The molecule has 1 heterocycles. The first-order chi connectivity index (χ1) is 10.2. The average molecular weight is 294 g/mol. The number of carbonyl (C=O) groups is 1. The van der Waals surface area contributed by atoms with Gasteiger partial charge in [0.25, 0.3) is 0 Å². The van der Waals surface area contributed by atoms with Gasteiger partial charge in [0.05, 0.1) is 6.04 Å². The topological polar surface area (TPSA) is 61.4 Å². The minimum atomic E-state index is 0.0191. The van der Waals surface area contributed by atoms with Crippen LogP contribution < -0.4 is 10.6 Å². The molecule has 2 saturated carbocycles. The zero-order valence-electron chi connectivity index (χ0n) is 13.1. The van der Waals surface area contributed by atoms with E-state index in [1.165, 1.54) is 38.5 Å². The van der Waals surface area contributed by atoms with E-state index in [0.29, 0.717) is 12.0 Å². The fraction of sp³-hybridized carbons (Fsp3) is 0.941. The Bertz CT molecular complexity index is 352. The normalized spacial score (nSPS) is 34.6. The van der Waals surface area contributed by atoms with Gasteiger partial charge in [-0.3, -0.25) is 4.79 Å². The second kappa shape index (κ2) is 6.66. The van der Waals surface area contributed by atoms with E-state index < -0.39 is 0 Å². The molecule has 1 saturated heterocycles. The summed E-state index contributed by atoms with van der Waals surface area (Å²) < 4.78 is 0. The molecular weight excluding hydrogens is 264 g/mol. The second-order valence-corrected chi connectivity index (χ2v) is 7.50. The van der Waals surface area contributed by atoms with Crippen LogP contribution in [0.3, 0.4) is 0 Å². The molecule has 2 aliphatic carbocycles. The zero-order chi connectivity index (χ0) is 14.7. The van der Waals surface area contributed by atoms with Crippen LogP contribution in [0.15, 0.2) is 0 Å². The monoisotopic (exact) mass is 294 g/mol. The number of aliphatic hydroxyl groups is 1. The van der Waals surface area contributed by atoms with Crippen LogP contribution in [0.1, 0.15) is 64.2 Å². The fourth-order valence-electron chi connectivity index (χ4n) is 4.80. The number of amides is 1. The number of nitrogens with one attached hydrogen (secondary N) is 2. The van der Waals surface area contributed by atoms with Crippen LogP contribution in [0.4, 0.5) is 0 Å². The zero-order valence-corrected chi connectivity index (χ0v) is 13.1. The third-order valence-corrected chi connectivity index (χ3v) is 6.12. The molecule has 120 valence electrons. The molecule has 0 aromatic rings. The number of fused-ring (bicyclic) bond motifs is 1. The van der Waals surface area contributed by atoms with E-state index in [-0.39, 0.29) is 24.0 Å². The molecule has 0 spiro atoms. The summed E-state index contributed by atoms with van der Waals surface area (Å²) in [6.07, 6.45) is 11.8. The van der Waals surface area contributed by atoms with Crippen molar-refractivity contribution in [1.29, 1.82) is 0 Å². The summed E-state index contributed by atoms with van der Waals surface area (Å²) in [7, 11) is 0. The fourth-order valence-corrected chi connectivity index (χ4v) is 4.80. The van der Waals surface area contributed by atoms with Crippen LogP contribution in [0.25, 0.3) is 0 Å². The van der Waals surface area contributed by atoms with Crippen molar-refractivity contribution in [3.63, 3.8) is 0 Å². The molecule has 1 aliphatic heterocycles. The Labute approximate surface area is 128 Å². The van der Waals surface area contributed by atoms with Crippen molar-refractivity contribution in [2.45, 2.75) is 76.3 Å². The number of carbonyl (C=O) groups excluding carboxylic acids is 1. The number of rotatable bonds is 5. The molecule has 1 amide bonds. The minimum Gasteiger partial charge on any atom is -0.396 e. The van der Waals surface area contributed by atoms with Crippen molar-refractivity contribution < 1.29 is 9.90 Å². The Hall–Kier alpha value is -0.610. The molecule has 0 bridgehead atoms. The Kier molecular flexibility index (Phi) is 4.85. The summed E-state index contributed by atoms with van der Waals surface area (Å²) in [6.45, 7) is 0.988. The standard InChI is InChI=1S/C17H30N2O2/c20-10-9-17(7-3-4-8-17)12-18-16(21)15-11-13-5-1-2-6-14(13)19-15/h13-15,19-20H,1-12H2,(H,18,21). The van der Waals surface area contributed by atoms with Crippen LogP contribution in [0.2, 0.25) is 0 Å². The van der Waals surface area contributed by atoms with Gasteiger partial charge in [-0.25, -0.2) is 0 Å². The molecule has 3 fully saturated rings. The highest BCUT2D eigenvalue weighted by atomic mass is 16.3. The first-order valence-electron chi connectivity index (χ1n) is 8.87. The molecule has 3 aliphatic rings. The summed E-state index contributed by atoms with van der Waals surface area (Å²) >= 11 is 0. The summed E-state index contributed by atoms with van der Waals surface area (Å²) in [5.74, 6) is 0.904. The summed E-state index contributed by atoms with van der Waals surface area (Å²) in [5.41, 5.74) is 0.162. The lowest BCUT2D eigenvalue weighted by molar-refractivity contribution is -0.123. The molecule has 4 heteroatoms. The van der Waals surface area contributed by atoms with E-state index in [0.717, 1.165) is 32.2 Å². The molecule has 0 aromatic heterocycles.